The summed E-state index contributed by atoms with van der Waals surface area (Å²) in [7, 11) is 0. The molecule has 2 aromatic heterocycles. The summed E-state index contributed by atoms with van der Waals surface area (Å²) in [6.07, 6.45) is -1.69. The van der Waals surface area contributed by atoms with E-state index >= 15 is 0 Å². The van der Waals surface area contributed by atoms with Gasteiger partial charge in [-0.25, -0.2) is 14.8 Å². The number of benzene rings is 1. The van der Waals surface area contributed by atoms with Crippen LogP contribution in [0, 0.1) is 0 Å². The van der Waals surface area contributed by atoms with Gasteiger partial charge in [-0.3, -0.25) is 4.90 Å². The maximum Gasteiger partial charge on any atom is 0.419 e. The molecule has 0 saturated carbocycles. The molecule has 1 fully saturated rings. The number of halogens is 3. The highest BCUT2D eigenvalue weighted by Gasteiger charge is 2.36. The number of nitrogens with one attached hydrogen (secondary N) is 2. The lowest BCUT2D eigenvalue weighted by atomic mass is 10.0. The SMILES string of the molecule is NCCOCCN1CCC(Nc2ncc(C(F)(F)F)c(-c3c[nH]c4cc(C(=O)O)ccc34)n2)C1. The van der Waals surface area contributed by atoms with Crippen LogP contribution < -0.4 is 11.1 Å². The molecular weight excluding hydrogens is 453 g/mol. The first kappa shape index (κ1) is 23.9. The Balaban J connectivity index is 1.57. The largest absolute Gasteiger partial charge is 0.478 e. The monoisotopic (exact) mass is 478 g/mol. The third kappa shape index (κ3) is 5.29. The zero-order valence-electron chi connectivity index (χ0n) is 18.2. The van der Waals surface area contributed by atoms with Gasteiger partial charge in [0.25, 0.3) is 0 Å². The minimum absolute atomic E-state index is 0.0137. The van der Waals surface area contributed by atoms with E-state index in [0.29, 0.717) is 37.2 Å². The van der Waals surface area contributed by atoms with Crippen molar-refractivity contribution in [1.82, 2.24) is 19.9 Å². The lowest BCUT2D eigenvalue weighted by Gasteiger charge is -2.18. The summed E-state index contributed by atoms with van der Waals surface area (Å²) in [6.45, 7) is 3.79. The topological polar surface area (TPSA) is 129 Å². The smallest absolute Gasteiger partial charge is 0.419 e. The summed E-state index contributed by atoms with van der Waals surface area (Å²) in [5.74, 6) is -1.02. The Kier molecular flexibility index (Phi) is 7.00. The third-order valence-electron chi connectivity index (χ3n) is 5.70. The van der Waals surface area contributed by atoms with Crippen molar-refractivity contribution >= 4 is 22.8 Å². The molecule has 1 atom stereocenters. The molecule has 34 heavy (non-hydrogen) atoms. The van der Waals surface area contributed by atoms with Crippen LogP contribution in [0.4, 0.5) is 19.1 Å². The van der Waals surface area contributed by atoms with Crippen molar-refractivity contribution in [1.29, 1.82) is 0 Å². The summed E-state index contributed by atoms with van der Waals surface area (Å²) in [6, 6.07) is 4.18. The van der Waals surface area contributed by atoms with Crippen LogP contribution in [0.5, 0.6) is 0 Å². The number of carbonyl (C=O) groups is 1. The maximum atomic E-state index is 13.8. The van der Waals surface area contributed by atoms with Crippen molar-refractivity contribution in [2.75, 3.05) is 44.7 Å². The van der Waals surface area contributed by atoms with Crippen LogP contribution in [0.3, 0.4) is 0 Å². The number of ether oxygens (including phenoxy) is 1. The lowest BCUT2D eigenvalue weighted by Crippen LogP contribution is -2.30. The second-order valence-corrected chi connectivity index (χ2v) is 8.05. The number of alkyl halides is 3. The van der Waals surface area contributed by atoms with Gasteiger partial charge in [-0.1, -0.05) is 6.07 Å². The number of rotatable bonds is 9. The van der Waals surface area contributed by atoms with Crippen molar-refractivity contribution in [2.24, 2.45) is 5.73 Å². The Bertz CT molecular complexity index is 1170. The van der Waals surface area contributed by atoms with Crippen LogP contribution in [0.25, 0.3) is 22.2 Å². The molecule has 0 aliphatic carbocycles. The van der Waals surface area contributed by atoms with Gasteiger partial charge in [-0.15, -0.1) is 0 Å². The molecule has 3 heterocycles. The number of nitrogens with zero attached hydrogens (tertiary/aromatic N) is 3. The predicted molar refractivity (Wildman–Crippen MR) is 120 cm³/mol. The van der Waals surface area contributed by atoms with Crippen LogP contribution in [0.15, 0.2) is 30.6 Å². The molecule has 1 unspecified atom stereocenters. The van der Waals surface area contributed by atoms with Crippen molar-refractivity contribution in [3.63, 3.8) is 0 Å². The minimum atomic E-state index is -4.66. The zero-order valence-corrected chi connectivity index (χ0v) is 18.2. The number of H-pyrrole nitrogens is 1. The van der Waals surface area contributed by atoms with E-state index in [0.717, 1.165) is 25.7 Å². The molecule has 3 aromatic rings. The molecule has 12 heteroatoms. The molecule has 0 bridgehead atoms. The molecule has 9 nitrogen and oxygen atoms in total. The molecule has 0 spiro atoms. The highest BCUT2D eigenvalue weighted by molar-refractivity contribution is 5.99. The van der Waals surface area contributed by atoms with Gasteiger partial charge in [0.05, 0.1) is 24.5 Å². The second-order valence-electron chi connectivity index (χ2n) is 8.05. The van der Waals surface area contributed by atoms with E-state index in [4.69, 9.17) is 10.5 Å². The Morgan fingerprint density at radius 3 is 2.91 bits per heavy atom. The van der Waals surface area contributed by atoms with Crippen molar-refractivity contribution < 1.29 is 27.8 Å². The number of hydrogen-bond acceptors (Lipinski definition) is 7. The first-order chi connectivity index (χ1) is 16.3. The van der Waals surface area contributed by atoms with E-state index in [9.17, 15) is 23.1 Å². The van der Waals surface area contributed by atoms with Crippen LogP contribution in [-0.4, -0.2) is 76.4 Å². The molecule has 0 radical (unpaired) electrons. The maximum absolute atomic E-state index is 13.8. The molecule has 4 rings (SSSR count). The number of anilines is 1. The predicted octanol–water partition coefficient (Wildman–Crippen LogP) is 2.80. The summed E-state index contributed by atoms with van der Waals surface area (Å²) in [5, 5.41) is 12.8. The van der Waals surface area contributed by atoms with Gasteiger partial charge in [0, 0.05) is 61.1 Å². The third-order valence-corrected chi connectivity index (χ3v) is 5.70. The highest BCUT2D eigenvalue weighted by Crippen LogP contribution is 2.38. The van der Waals surface area contributed by atoms with E-state index in [1.165, 1.54) is 24.4 Å². The van der Waals surface area contributed by atoms with Gasteiger partial charge in [-0.2, -0.15) is 13.2 Å². The van der Waals surface area contributed by atoms with Crippen LogP contribution in [0.2, 0.25) is 0 Å². The lowest BCUT2D eigenvalue weighted by molar-refractivity contribution is -0.137. The number of likely N-dealkylation sites (tertiary alicyclic amines) is 1. The Morgan fingerprint density at radius 1 is 1.35 bits per heavy atom. The Morgan fingerprint density at radius 2 is 2.18 bits per heavy atom. The summed E-state index contributed by atoms with van der Waals surface area (Å²) in [4.78, 5) is 24.4. The van der Waals surface area contributed by atoms with Crippen molar-refractivity contribution in [3.8, 4) is 11.3 Å². The van der Waals surface area contributed by atoms with Gasteiger partial charge in [0.2, 0.25) is 5.95 Å². The van der Waals surface area contributed by atoms with E-state index in [-0.39, 0.29) is 28.8 Å². The number of aromatic carboxylic acids is 1. The first-order valence-corrected chi connectivity index (χ1v) is 10.8. The number of carboxylic acids is 1. The van der Waals surface area contributed by atoms with E-state index in [2.05, 4.69) is 25.2 Å². The quantitative estimate of drug-likeness (QED) is 0.346. The average molecular weight is 478 g/mol. The number of aromatic amines is 1. The standard InChI is InChI=1S/C22H25F3N6O3/c23-22(24,25)17-11-28-21(29-14-3-5-31(12-14)6-8-34-7-4-26)30-19(17)16-10-27-18-9-13(20(32)33)1-2-15(16)18/h1-2,9-11,14,27H,3-8,12,26H2,(H,32,33)(H,28,29,30). The van der Waals surface area contributed by atoms with E-state index < -0.39 is 17.7 Å². The van der Waals surface area contributed by atoms with Crippen molar-refractivity contribution in [2.45, 2.75) is 18.6 Å². The zero-order chi connectivity index (χ0) is 24.3. The fourth-order valence-corrected chi connectivity index (χ4v) is 4.03. The first-order valence-electron chi connectivity index (χ1n) is 10.8. The van der Waals surface area contributed by atoms with Gasteiger partial charge in [-0.05, 0) is 18.6 Å². The molecule has 182 valence electrons. The summed E-state index contributed by atoms with van der Waals surface area (Å²) in [5.41, 5.74) is 4.81. The molecule has 1 aliphatic rings. The molecular formula is C22H25F3N6O3. The fraction of sp³-hybridized carbons (Fsp3) is 0.409. The van der Waals surface area contributed by atoms with Gasteiger partial charge in [0.1, 0.15) is 5.56 Å². The van der Waals surface area contributed by atoms with Crippen LogP contribution in [-0.2, 0) is 10.9 Å². The summed E-state index contributed by atoms with van der Waals surface area (Å²) >= 11 is 0. The van der Waals surface area contributed by atoms with Crippen molar-refractivity contribution in [3.05, 3.63) is 41.7 Å². The Labute approximate surface area is 193 Å². The molecule has 1 aliphatic heterocycles. The fourth-order valence-electron chi connectivity index (χ4n) is 4.03. The molecule has 1 saturated heterocycles. The highest BCUT2D eigenvalue weighted by atomic mass is 19.4. The minimum Gasteiger partial charge on any atom is -0.478 e. The van der Waals surface area contributed by atoms with Crippen LogP contribution in [0.1, 0.15) is 22.3 Å². The number of carboxylic acid groups (broad SMARTS) is 1. The molecule has 1 aromatic carbocycles. The Hall–Kier alpha value is -3.22. The van der Waals surface area contributed by atoms with Gasteiger partial charge in [0.15, 0.2) is 0 Å². The summed E-state index contributed by atoms with van der Waals surface area (Å²) < 4.78 is 46.7. The van der Waals surface area contributed by atoms with Crippen LogP contribution >= 0.6 is 0 Å². The number of hydrogen-bond donors (Lipinski definition) is 4. The van der Waals surface area contributed by atoms with E-state index in [1.54, 1.807) is 0 Å². The number of nitrogens with two attached hydrogens (primary N) is 1. The average Bonchev–Trinajstić information content (AvgIpc) is 3.42. The number of fused-ring (bicyclic) bond motifs is 1. The molecule has 5 N–H and O–H groups in total. The van der Waals surface area contributed by atoms with E-state index in [1.807, 2.05) is 0 Å². The molecule has 0 amide bonds. The van der Waals surface area contributed by atoms with Gasteiger partial charge >= 0.3 is 12.1 Å². The van der Waals surface area contributed by atoms with Gasteiger partial charge < -0.3 is 25.9 Å². The normalized spacial score (nSPS) is 16.9. The number of aromatic nitrogens is 3. The second kappa shape index (κ2) is 9.95.